The van der Waals surface area contributed by atoms with Gasteiger partial charge < -0.3 is 31.5 Å². The maximum absolute atomic E-state index is 12.7. The fourth-order valence-electron chi connectivity index (χ4n) is 2.69. The molecule has 0 radical (unpaired) electrons. The summed E-state index contributed by atoms with van der Waals surface area (Å²) in [6.45, 7) is 0.229. The van der Waals surface area contributed by atoms with E-state index in [0.29, 0.717) is 6.42 Å². The smallest absolute Gasteiger partial charge is 0.326 e. The van der Waals surface area contributed by atoms with E-state index in [1.54, 1.807) is 0 Å². The molecule has 1 aliphatic heterocycles. The lowest BCUT2D eigenvalue weighted by molar-refractivity contribution is -0.148. The average Bonchev–Trinajstić information content (AvgIpc) is 3.13. The lowest BCUT2D eigenvalue weighted by atomic mass is 10.1. The molecule has 1 aliphatic rings. The topological polar surface area (TPSA) is 179 Å². The molecule has 0 aromatic heterocycles. The van der Waals surface area contributed by atoms with Gasteiger partial charge in [-0.15, -0.1) is 0 Å². The van der Waals surface area contributed by atoms with Gasteiger partial charge in [0.15, 0.2) is 0 Å². The highest BCUT2D eigenvalue weighted by molar-refractivity contribution is 7.80. The molecule has 1 rings (SSSR count). The lowest BCUT2D eigenvalue weighted by Gasteiger charge is -2.29. The van der Waals surface area contributed by atoms with E-state index in [1.165, 1.54) is 4.90 Å². The molecule has 1 fully saturated rings. The summed E-state index contributed by atoms with van der Waals surface area (Å²) in [7, 11) is 0. The van der Waals surface area contributed by atoms with Gasteiger partial charge in [-0.1, -0.05) is 0 Å². The molecule has 0 spiro atoms. The number of hydrogen-bond acceptors (Lipinski definition) is 8. The zero-order chi connectivity index (χ0) is 21.4. The monoisotopic (exact) mass is 436 g/mol. The van der Waals surface area contributed by atoms with Crippen LogP contribution in [0.4, 0.5) is 0 Å². The summed E-state index contributed by atoms with van der Waals surface area (Å²) in [6, 6.07) is -4.52. The Morgan fingerprint density at radius 3 is 2.21 bits per heavy atom. The highest BCUT2D eigenvalue weighted by Crippen LogP contribution is 2.19. The fraction of sp³-hybridized carbons (Fsp3) is 0.667. The molecular formula is C15H24N4O7S2. The summed E-state index contributed by atoms with van der Waals surface area (Å²) in [6.07, 6.45) is -0.0249. The highest BCUT2D eigenvalue weighted by Gasteiger charge is 2.39. The minimum atomic E-state index is -1.61. The summed E-state index contributed by atoms with van der Waals surface area (Å²) in [5.74, 6) is -4.75. The molecule has 13 heteroatoms. The quantitative estimate of drug-likeness (QED) is 0.187. The molecule has 0 aliphatic carbocycles. The summed E-state index contributed by atoms with van der Waals surface area (Å²) >= 11 is 7.97. The van der Waals surface area contributed by atoms with E-state index in [9.17, 15) is 24.0 Å². The summed E-state index contributed by atoms with van der Waals surface area (Å²) in [5, 5.41) is 22.4. The molecule has 11 nitrogen and oxygen atoms in total. The SMILES string of the molecule is NC(CS)C(=O)NC(CS)C(=O)N1CCCC1C(=O)NC(CC(=O)O)C(=O)O. The Hall–Kier alpha value is -1.99. The Morgan fingerprint density at radius 1 is 1.07 bits per heavy atom. The third kappa shape index (κ3) is 6.56. The number of aliphatic carboxylic acids is 2. The van der Waals surface area contributed by atoms with Crippen LogP contribution in [0.1, 0.15) is 19.3 Å². The van der Waals surface area contributed by atoms with Crippen LogP contribution in [0.25, 0.3) is 0 Å². The second-order valence-electron chi connectivity index (χ2n) is 6.22. The van der Waals surface area contributed by atoms with Crippen LogP contribution in [0, 0.1) is 0 Å². The van der Waals surface area contributed by atoms with E-state index in [0.717, 1.165) is 0 Å². The highest BCUT2D eigenvalue weighted by atomic mass is 32.1. The molecule has 28 heavy (non-hydrogen) atoms. The number of nitrogens with one attached hydrogen (secondary N) is 2. The number of carboxylic acid groups (broad SMARTS) is 2. The number of carbonyl (C=O) groups excluding carboxylic acids is 3. The predicted molar refractivity (Wildman–Crippen MR) is 104 cm³/mol. The number of rotatable bonds is 10. The number of likely N-dealkylation sites (tertiary alicyclic amines) is 1. The molecule has 0 bridgehead atoms. The summed E-state index contributed by atoms with van der Waals surface area (Å²) < 4.78 is 0. The van der Waals surface area contributed by atoms with Crippen LogP contribution in [-0.2, 0) is 24.0 Å². The van der Waals surface area contributed by atoms with Gasteiger partial charge in [0.25, 0.3) is 0 Å². The van der Waals surface area contributed by atoms with Crippen molar-refractivity contribution in [2.75, 3.05) is 18.1 Å². The van der Waals surface area contributed by atoms with Crippen molar-refractivity contribution in [2.45, 2.75) is 43.4 Å². The van der Waals surface area contributed by atoms with E-state index >= 15 is 0 Å². The van der Waals surface area contributed by atoms with Gasteiger partial charge in [0.05, 0.1) is 12.5 Å². The maximum Gasteiger partial charge on any atom is 0.326 e. The third-order valence-electron chi connectivity index (χ3n) is 4.16. The second-order valence-corrected chi connectivity index (χ2v) is 6.95. The zero-order valence-electron chi connectivity index (χ0n) is 14.9. The Kier molecular flexibility index (Phi) is 9.55. The Bertz CT molecular complexity index is 634. The molecule has 158 valence electrons. The van der Waals surface area contributed by atoms with Crippen LogP contribution < -0.4 is 16.4 Å². The largest absolute Gasteiger partial charge is 0.481 e. The van der Waals surface area contributed by atoms with Crippen LogP contribution in [0.3, 0.4) is 0 Å². The normalized spacial score (nSPS) is 19.4. The first-order chi connectivity index (χ1) is 13.1. The molecule has 4 unspecified atom stereocenters. The first kappa shape index (κ1) is 24.0. The van der Waals surface area contributed by atoms with Crippen molar-refractivity contribution in [1.29, 1.82) is 0 Å². The van der Waals surface area contributed by atoms with E-state index in [-0.39, 0.29) is 24.5 Å². The van der Waals surface area contributed by atoms with Gasteiger partial charge in [0.2, 0.25) is 17.7 Å². The number of nitrogens with two attached hydrogens (primary N) is 1. The summed E-state index contributed by atoms with van der Waals surface area (Å²) in [4.78, 5) is 60.2. The predicted octanol–water partition coefficient (Wildman–Crippen LogP) is -2.31. The van der Waals surface area contributed by atoms with Crippen molar-refractivity contribution >= 4 is 54.9 Å². The van der Waals surface area contributed by atoms with Crippen molar-refractivity contribution < 1.29 is 34.2 Å². The molecule has 0 aromatic rings. The lowest BCUT2D eigenvalue weighted by Crippen LogP contribution is -2.57. The second kappa shape index (κ2) is 11.1. The number of carboxylic acids is 2. The Labute approximate surface area is 172 Å². The van der Waals surface area contributed by atoms with Gasteiger partial charge >= 0.3 is 11.9 Å². The van der Waals surface area contributed by atoms with Crippen molar-refractivity contribution in [3.63, 3.8) is 0 Å². The van der Waals surface area contributed by atoms with E-state index in [1.807, 2.05) is 0 Å². The number of amides is 3. The first-order valence-corrected chi connectivity index (χ1v) is 9.72. The molecular weight excluding hydrogens is 412 g/mol. The van der Waals surface area contributed by atoms with E-state index in [4.69, 9.17) is 15.9 Å². The van der Waals surface area contributed by atoms with Crippen LogP contribution in [-0.4, -0.2) is 87.0 Å². The fourth-order valence-corrected chi connectivity index (χ4v) is 3.11. The van der Waals surface area contributed by atoms with Crippen molar-refractivity contribution in [1.82, 2.24) is 15.5 Å². The molecule has 0 saturated carbocycles. The Balaban J connectivity index is 2.84. The zero-order valence-corrected chi connectivity index (χ0v) is 16.7. The van der Waals surface area contributed by atoms with Gasteiger partial charge in [-0.05, 0) is 12.8 Å². The van der Waals surface area contributed by atoms with Crippen molar-refractivity contribution in [2.24, 2.45) is 5.73 Å². The summed E-state index contributed by atoms with van der Waals surface area (Å²) in [5.41, 5.74) is 5.57. The maximum atomic E-state index is 12.7. The van der Waals surface area contributed by atoms with Gasteiger partial charge in [-0.25, -0.2) is 4.79 Å². The number of thiol groups is 2. The van der Waals surface area contributed by atoms with Crippen LogP contribution in [0.5, 0.6) is 0 Å². The molecule has 4 atom stereocenters. The van der Waals surface area contributed by atoms with Crippen LogP contribution in [0.2, 0.25) is 0 Å². The van der Waals surface area contributed by atoms with Crippen LogP contribution >= 0.6 is 25.3 Å². The number of hydrogen-bond donors (Lipinski definition) is 7. The molecule has 6 N–H and O–H groups in total. The van der Waals surface area contributed by atoms with Crippen molar-refractivity contribution in [3.05, 3.63) is 0 Å². The van der Waals surface area contributed by atoms with Crippen molar-refractivity contribution in [3.8, 4) is 0 Å². The number of nitrogens with zero attached hydrogens (tertiary/aromatic N) is 1. The van der Waals surface area contributed by atoms with E-state index in [2.05, 4.69) is 35.9 Å². The molecule has 1 saturated heterocycles. The molecule has 0 aromatic carbocycles. The minimum Gasteiger partial charge on any atom is -0.481 e. The minimum absolute atomic E-state index is 0.0362. The van der Waals surface area contributed by atoms with E-state index < -0.39 is 60.2 Å². The van der Waals surface area contributed by atoms with Gasteiger partial charge in [-0.3, -0.25) is 19.2 Å². The molecule has 3 amide bonds. The third-order valence-corrected chi connectivity index (χ3v) is 4.92. The standard InChI is InChI=1S/C15H24N4O7S2/c16-7(5-27)12(22)18-9(6-28)14(24)19-3-1-2-10(19)13(23)17-8(15(25)26)4-11(20)21/h7-10,27-28H,1-6,16H2,(H,17,23)(H,18,22)(H,20,21)(H,25,26). The average molecular weight is 437 g/mol. The first-order valence-electron chi connectivity index (χ1n) is 8.45. The van der Waals surface area contributed by atoms with Crippen LogP contribution in [0.15, 0.2) is 0 Å². The number of carbonyl (C=O) groups is 5. The molecule has 1 heterocycles. The Morgan fingerprint density at radius 2 is 1.71 bits per heavy atom. The van der Waals surface area contributed by atoms with Gasteiger partial charge in [0, 0.05) is 18.1 Å². The van der Waals surface area contributed by atoms with Gasteiger partial charge in [-0.2, -0.15) is 25.3 Å². The van der Waals surface area contributed by atoms with Gasteiger partial charge in [0.1, 0.15) is 18.1 Å².